The van der Waals surface area contributed by atoms with E-state index < -0.39 is 0 Å². The Labute approximate surface area is 94.5 Å². The Morgan fingerprint density at radius 1 is 1.43 bits per heavy atom. The van der Waals surface area contributed by atoms with Crippen molar-refractivity contribution in [2.75, 3.05) is 0 Å². The second kappa shape index (κ2) is 4.83. The molecule has 0 aliphatic carbocycles. The van der Waals surface area contributed by atoms with Crippen molar-refractivity contribution in [3.63, 3.8) is 0 Å². The topological polar surface area (TPSA) is 26.0 Å². The SMILES string of the molecule is C=C(C)C[C@@H](N)c1ccc(Cl)c(Cl)c1. The number of nitrogens with two attached hydrogens (primary N) is 1. The van der Waals surface area contributed by atoms with E-state index in [9.17, 15) is 0 Å². The fraction of sp³-hybridized carbons (Fsp3) is 0.273. The molecule has 1 nitrogen and oxygen atoms in total. The van der Waals surface area contributed by atoms with Gasteiger partial charge in [-0.05, 0) is 31.0 Å². The van der Waals surface area contributed by atoms with Crippen LogP contribution in [0.5, 0.6) is 0 Å². The molecule has 1 aromatic rings. The van der Waals surface area contributed by atoms with E-state index in [-0.39, 0.29) is 6.04 Å². The average molecular weight is 230 g/mol. The lowest BCUT2D eigenvalue weighted by Crippen LogP contribution is -2.10. The standard InChI is InChI=1S/C11H13Cl2N/c1-7(2)5-11(14)8-3-4-9(12)10(13)6-8/h3-4,6,11H,1,5,14H2,2H3/t11-/m1/s1. The van der Waals surface area contributed by atoms with Gasteiger partial charge in [0.1, 0.15) is 0 Å². The highest BCUT2D eigenvalue weighted by atomic mass is 35.5. The number of rotatable bonds is 3. The molecule has 2 N–H and O–H groups in total. The first kappa shape index (κ1) is 11.6. The molecule has 0 fully saturated rings. The second-order valence-corrected chi connectivity index (χ2v) is 4.26. The summed E-state index contributed by atoms with van der Waals surface area (Å²) in [5, 5.41) is 1.10. The van der Waals surface area contributed by atoms with Crippen molar-refractivity contribution in [1.82, 2.24) is 0 Å². The van der Waals surface area contributed by atoms with E-state index in [0.29, 0.717) is 10.0 Å². The quantitative estimate of drug-likeness (QED) is 0.781. The van der Waals surface area contributed by atoms with Gasteiger partial charge in [-0.2, -0.15) is 0 Å². The summed E-state index contributed by atoms with van der Waals surface area (Å²) in [7, 11) is 0. The third-order valence-corrected chi connectivity index (χ3v) is 2.68. The third-order valence-electron chi connectivity index (χ3n) is 1.94. The molecule has 0 heterocycles. The van der Waals surface area contributed by atoms with Gasteiger partial charge in [0.25, 0.3) is 0 Å². The van der Waals surface area contributed by atoms with Crippen LogP contribution in [-0.4, -0.2) is 0 Å². The lowest BCUT2D eigenvalue weighted by atomic mass is 10.0. The van der Waals surface area contributed by atoms with Crippen LogP contribution in [0.1, 0.15) is 24.9 Å². The lowest BCUT2D eigenvalue weighted by molar-refractivity contribution is 0.717. The van der Waals surface area contributed by atoms with Crippen molar-refractivity contribution in [3.05, 3.63) is 46.0 Å². The van der Waals surface area contributed by atoms with E-state index in [4.69, 9.17) is 28.9 Å². The summed E-state index contributed by atoms with van der Waals surface area (Å²) in [5.74, 6) is 0. The molecule has 0 aromatic heterocycles. The Morgan fingerprint density at radius 3 is 2.57 bits per heavy atom. The fourth-order valence-electron chi connectivity index (χ4n) is 1.24. The van der Waals surface area contributed by atoms with Gasteiger partial charge >= 0.3 is 0 Å². The van der Waals surface area contributed by atoms with E-state index >= 15 is 0 Å². The van der Waals surface area contributed by atoms with Gasteiger partial charge in [0, 0.05) is 6.04 Å². The minimum absolute atomic E-state index is 0.0535. The van der Waals surface area contributed by atoms with Gasteiger partial charge in [-0.3, -0.25) is 0 Å². The zero-order chi connectivity index (χ0) is 10.7. The van der Waals surface area contributed by atoms with Crippen LogP contribution >= 0.6 is 23.2 Å². The average Bonchev–Trinajstić information content (AvgIpc) is 2.08. The van der Waals surface area contributed by atoms with Crippen LogP contribution in [0.2, 0.25) is 10.0 Å². The predicted molar refractivity (Wildman–Crippen MR) is 62.8 cm³/mol. The van der Waals surface area contributed by atoms with E-state index in [1.807, 2.05) is 13.0 Å². The van der Waals surface area contributed by atoms with Crippen molar-refractivity contribution in [2.24, 2.45) is 5.73 Å². The maximum atomic E-state index is 5.95. The molecular formula is C11H13Cl2N. The Bertz CT molecular complexity index is 347. The Kier molecular flexibility index (Phi) is 3.99. The van der Waals surface area contributed by atoms with Gasteiger partial charge in [0.05, 0.1) is 10.0 Å². The van der Waals surface area contributed by atoms with Crippen LogP contribution in [0.3, 0.4) is 0 Å². The molecule has 14 heavy (non-hydrogen) atoms. The maximum absolute atomic E-state index is 5.95. The molecule has 0 amide bonds. The summed E-state index contributed by atoms with van der Waals surface area (Å²) in [6.45, 7) is 5.78. The third kappa shape index (κ3) is 3.02. The monoisotopic (exact) mass is 229 g/mol. The number of hydrogen-bond acceptors (Lipinski definition) is 1. The van der Waals surface area contributed by atoms with Gasteiger partial charge < -0.3 is 5.73 Å². The van der Waals surface area contributed by atoms with Gasteiger partial charge in [0.2, 0.25) is 0 Å². The first-order chi connectivity index (χ1) is 6.50. The van der Waals surface area contributed by atoms with Gasteiger partial charge in [0.15, 0.2) is 0 Å². The largest absolute Gasteiger partial charge is 0.324 e. The van der Waals surface area contributed by atoms with Crippen molar-refractivity contribution < 1.29 is 0 Å². The van der Waals surface area contributed by atoms with Crippen LogP contribution in [-0.2, 0) is 0 Å². The second-order valence-electron chi connectivity index (χ2n) is 3.44. The van der Waals surface area contributed by atoms with Crippen LogP contribution in [0.25, 0.3) is 0 Å². The Morgan fingerprint density at radius 2 is 2.07 bits per heavy atom. The molecule has 0 spiro atoms. The highest BCUT2D eigenvalue weighted by Crippen LogP contribution is 2.26. The first-order valence-corrected chi connectivity index (χ1v) is 5.11. The fourth-order valence-corrected chi connectivity index (χ4v) is 1.54. The van der Waals surface area contributed by atoms with Crippen LogP contribution in [0, 0.1) is 0 Å². The number of benzene rings is 1. The number of hydrogen-bond donors (Lipinski definition) is 1. The highest BCUT2D eigenvalue weighted by molar-refractivity contribution is 6.42. The summed E-state index contributed by atoms with van der Waals surface area (Å²) in [6, 6.07) is 5.40. The summed E-state index contributed by atoms with van der Waals surface area (Å²) in [5.41, 5.74) is 8.00. The van der Waals surface area contributed by atoms with Crippen molar-refractivity contribution in [1.29, 1.82) is 0 Å². The summed E-state index contributed by atoms with van der Waals surface area (Å²) < 4.78 is 0. The molecule has 0 bridgehead atoms. The molecule has 0 saturated carbocycles. The minimum atomic E-state index is -0.0535. The van der Waals surface area contributed by atoms with Gasteiger partial charge in [-0.15, -0.1) is 6.58 Å². The zero-order valence-electron chi connectivity index (χ0n) is 8.06. The molecule has 1 rings (SSSR count). The zero-order valence-corrected chi connectivity index (χ0v) is 9.57. The molecule has 0 aliphatic heterocycles. The summed E-state index contributed by atoms with van der Waals surface area (Å²) in [4.78, 5) is 0. The molecule has 76 valence electrons. The molecule has 0 saturated heterocycles. The summed E-state index contributed by atoms with van der Waals surface area (Å²) in [6.07, 6.45) is 0.762. The highest BCUT2D eigenvalue weighted by Gasteiger charge is 2.07. The maximum Gasteiger partial charge on any atom is 0.0595 e. The Hall–Kier alpha value is -0.500. The molecule has 0 aliphatic rings. The normalized spacial score (nSPS) is 12.6. The van der Waals surface area contributed by atoms with E-state index in [1.165, 1.54) is 0 Å². The predicted octanol–water partition coefficient (Wildman–Crippen LogP) is 3.96. The van der Waals surface area contributed by atoms with Crippen LogP contribution in [0.15, 0.2) is 30.4 Å². The van der Waals surface area contributed by atoms with Crippen LogP contribution in [0.4, 0.5) is 0 Å². The number of halogens is 2. The molecule has 0 radical (unpaired) electrons. The smallest absolute Gasteiger partial charge is 0.0595 e. The minimum Gasteiger partial charge on any atom is -0.324 e. The molecule has 1 aromatic carbocycles. The van der Waals surface area contributed by atoms with Gasteiger partial charge in [-0.25, -0.2) is 0 Å². The van der Waals surface area contributed by atoms with Crippen molar-refractivity contribution in [3.8, 4) is 0 Å². The van der Waals surface area contributed by atoms with E-state index in [1.54, 1.807) is 12.1 Å². The lowest BCUT2D eigenvalue weighted by Gasteiger charge is -2.12. The molecule has 3 heteroatoms. The van der Waals surface area contributed by atoms with E-state index in [2.05, 4.69) is 6.58 Å². The van der Waals surface area contributed by atoms with Crippen LogP contribution < -0.4 is 5.73 Å². The van der Waals surface area contributed by atoms with Crippen molar-refractivity contribution in [2.45, 2.75) is 19.4 Å². The van der Waals surface area contributed by atoms with Gasteiger partial charge in [-0.1, -0.05) is 34.8 Å². The summed E-state index contributed by atoms with van der Waals surface area (Å²) >= 11 is 11.7. The molecule has 0 unspecified atom stereocenters. The first-order valence-electron chi connectivity index (χ1n) is 4.35. The molecule has 1 atom stereocenters. The molecular weight excluding hydrogens is 217 g/mol. The van der Waals surface area contributed by atoms with E-state index in [0.717, 1.165) is 17.6 Å². The van der Waals surface area contributed by atoms with Crippen molar-refractivity contribution >= 4 is 23.2 Å². The Balaban J connectivity index is 2.85.